The van der Waals surface area contributed by atoms with E-state index in [-0.39, 0.29) is 12.5 Å². The van der Waals surface area contributed by atoms with Gasteiger partial charge in [-0.3, -0.25) is 4.79 Å². The number of hydrogen-bond donors (Lipinski definition) is 2. The number of hydrogen-bond acceptors (Lipinski definition) is 6. The Labute approximate surface area is 237 Å². The first kappa shape index (κ1) is 28.4. The maximum atomic E-state index is 13.9. The van der Waals surface area contributed by atoms with Gasteiger partial charge in [0, 0.05) is 36.0 Å². The number of benzene rings is 3. The molecule has 1 aliphatic heterocycles. The molecule has 1 amide bonds. The van der Waals surface area contributed by atoms with Crippen LogP contribution in [0.2, 0.25) is 0 Å². The first-order valence-corrected chi connectivity index (χ1v) is 13.7. The summed E-state index contributed by atoms with van der Waals surface area (Å²) >= 11 is 3.49. The van der Waals surface area contributed by atoms with Crippen LogP contribution in [0.3, 0.4) is 0 Å². The first-order valence-electron chi connectivity index (χ1n) is 12.9. The van der Waals surface area contributed by atoms with E-state index in [4.69, 9.17) is 24.3 Å². The van der Waals surface area contributed by atoms with Gasteiger partial charge in [0.25, 0.3) is 5.91 Å². The summed E-state index contributed by atoms with van der Waals surface area (Å²) < 4.78 is 18.5. The third-order valence-corrected chi connectivity index (χ3v) is 7.06. The van der Waals surface area contributed by atoms with Gasteiger partial charge in [-0.25, -0.2) is 4.99 Å². The fourth-order valence-corrected chi connectivity index (χ4v) is 4.81. The largest absolute Gasteiger partial charge is 0.496 e. The molecule has 3 aromatic carbocycles. The van der Waals surface area contributed by atoms with Crippen molar-refractivity contribution in [3.8, 4) is 11.5 Å². The summed E-state index contributed by atoms with van der Waals surface area (Å²) in [6, 6.07) is 22.9. The number of nitrogens with zero attached hydrogens (tertiary/aromatic N) is 1. The number of aliphatic hydroxyl groups excluding tert-OH is 1. The highest BCUT2D eigenvalue weighted by molar-refractivity contribution is 9.10. The zero-order chi connectivity index (χ0) is 27.7. The number of nitrogens with one attached hydrogen (secondary N) is 1. The van der Waals surface area contributed by atoms with Gasteiger partial charge in [0.1, 0.15) is 11.5 Å². The van der Waals surface area contributed by atoms with Crippen molar-refractivity contribution < 1.29 is 24.1 Å². The lowest BCUT2D eigenvalue weighted by atomic mass is 9.84. The third kappa shape index (κ3) is 6.69. The number of para-hydroxylation sites is 1. The highest BCUT2D eigenvalue weighted by Crippen LogP contribution is 2.43. The van der Waals surface area contributed by atoms with E-state index >= 15 is 0 Å². The maximum absolute atomic E-state index is 13.9. The monoisotopic (exact) mass is 592 g/mol. The lowest BCUT2D eigenvalue weighted by molar-refractivity contribution is -0.128. The summed E-state index contributed by atoms with van der Waals surface area (Å²) in [5.41, 5.74) is 1.35. The molecule has 0 saturated carbocycles. The molecular weight excluding hydrogens is 560 g/mol. The summed E-state index contributed by atoms with van der Waals surface area (Å²) in [6.07, 6.45) is 2.52. The zero-order valence-electron chi connectivity index (χ0n) is 21.9. The van der Waals surface area contributed by atoms with Gasteiger partial charge >= 0.3 is 0 Å². The molecular formula is C31H33BrN2O5. The summed E-state index contributed by atoms with van der Waals surface area (Å²) in [5.74, 6) is 1.62. The molecule has 1 heterocycles. The van der Waals surface area contributed by atoms with Crippen LogP contribution in [0, 0.1) is 0 Å². The van der Waals surface area contributed by atoms with E-state index < -0.39 is 11.6 Å². The molecule has 2 N–H and O–H groups in total. The van der Waals surface area contributed by atoms with E-state index in [1.165, 1.54) is 0 Å². The lowest BCUT2D eigenvalue weighted by Crippen LogP contribution is -2.48. The van der Waals surface area contributed by atoms with Gasteiger partial charge in [0.2, 0.25) is 5.90 Å². The van der Waals surface area contributed by atoms with Crippen molar-refractivity contribution in [2.45, 2.75) is 30.9 Å². The molecule has 1 aliphatic rings. The summed E-state index contributed by atoms with van der Waals surface area (Å²) in [7, 11) is 1.64. The number of aliphatic imine (C=N–C) groups is 1. The number of carbonyl (C=O) groups is 1. The average molecular weight is 594 g/mol. The predicted octanol–water partition coefficient (Wildman–Crippen LogP) is 5.41. The van der Waals surface area contributed by atoms with Gasteiger partial charge < -0.3 is 24.6 Å². The fourth-order valence-electron chi connectivity index (χ4n) is 4.55. The number of carbonyl (C=O) groups excluding carboxylic acids is 1. The highest BCUT2D eigenvalue weighted by Gasteiger charge is 2.52. The standard InChI is InChI=1S/C31H33BrN2O5/c1-3-18-31(30(36)33-19-17-22-7-4-5-8-27(22)37-2)28(23-9-13-25(32)14-10-23)39-29(34-31)24-11-15-26(16-12-24)38-21-6-20-35/h3-5,7-16,28,35H,1,6,17-21H2,2H3,(H,33,36)/t28-,31-/m1/s1. The van der Waals surface area contributed by atoms with Gasteiger partial charge in [-0.2, -0.15) is 0 Å². The predicted molar refractivity (Wildman–Crippen MR) is 155 cm³/mol. The Morgan fingerprint density at radius 3 is 2.59 bits per heavy atom. The second-order valence-corrected chi connectivity index (χ2v) is 10.1. The maximum Gasteiger partial charge on any atom is 0.252 e. The summed E-state index contributed by atoms with van der Waals surface area (Å²) in [4.78, 5) is 18.8. The molecule has 7 nitrogen and oxygen atoms in total. The van der Waals surface area contributed by atoms with Crippen LogP contribution in [0.4, 0.5) is 0 Å². The van der Waals surface area contributed by atoms with Crippen LogP contribution in [-0.2, 0) is 16.0 Å². The number of methoxy groups -OCH3 is 1. The molecule has 8 heteroatoms. The van der Waals surface area contributed by atoms with Crippen LogP contribution < -0.4 is 14.8 Å². The van der Waals surface area contributed by atoms with E-state index in [0.29, 0.717) is 44.1 Å². The molecule has 4 rings (SSSR count). The molecule has 204 valence electrons. The topological polar surface area (TPSA) is 89.4 Å². The molecule has 3 aromatic rings. The van der Waals surface area contributed by atoms with Gasteiger partial charge in [0.15, 0.2) is 11.6 Å². The average Bonchev–Trinajstić information content (AvgIpc) is 3.35. The number of ether oxygens (including phenoxy) is 3. The Morgan fingerprint density at radius 1 is 1.15 bits per heavy atom. The minimum Gasteiger partial charge on any atom is -0.496 e. The minimum atomic E-state index is -1.23. The summed E-state index contributed by atoms with van der Waals surface area (Å²) in [5, 5.41) is 12.1. The minimum absolute atomic E-state index is 0.0759. The Morgan fingerprint density at radius 2 is 1.90 bits per heavy atom. The lowest BCUT2D eigenvalue weighted by Gasteiger charge is -2.29. The van der Waals surface area contributed by atoms with E-state index in [2.05, 4.69) is 27.8 Å². The van der Waals surface area contributed by atoms with Crippen molar-refractivity contribution in [2.75, 3.05) is 26.9 Å². The fraction of sp³-hybridized carbons (Fsp3) is 0.290. The quantitative estimate of drug-likeness (QED) is 0.204. The first-order chi connectivity index (χ1) is 19.0. The Kier molecular flexibility index (Phi) is 9.79. The van der Waals surface area contributed by atoms with Crippen LogP contribution in [0.15, 0.2) is 94.9 Å². The van der Waals surface area contributed by atoms with E-state index in [1.54, 1.807) is 13.2 Å². The third-order valence-electron chi connectivity index (χ3n) is 6.53. The van der Waals surface area contributed by atoms with E-state index in [1.807, 2.05) is 72.8 Å². The van der Waals surface area contributed by atoms with Crippen LogP contribution >= 0.6 is 15.9 Å². The molecule has 39 heavy (non-hydrogen) atoms. The van der Waals surface area contributed by atoms with Crippen LogP contribution in [0.1, 0.15) is 35.6 Å². The molecule has 0 unspecified atom stereocenters. The molecule has 0 aromatic heterocycles. The number of amides is 1. The molecule has 0 aliphatic carbocycles. The van der Waals surface area contributed by atoms with Crippen molar-refractivity contribution in [2.24, 2.45) is 4.99 Å². The van der Waals surface area contributed by atoms with Crippen molar-refractivity contribution in [3.05, 3.63) is 107 Å². The number of rotatable bonds is 13. The highest BCUT2D eigenvalue weighted by atomic mass is 79.9. The summed E-state index contributed by atoms with van der Waals surface area (Å²) in [6.45, 7) is 4.84. The molecule has 0 saturated heterocycles. The van der Waals surface area contributed by atoms with Gasteiger partial charge in [-0.15, -0.1) is 6.58 Å². The molecule has 0 radical (unpaired) electrons. The molecule has 0 spiro atoms. The number of aliphatic hydroxyl groups is 1. The van der Waals surface area contributed by atoms with Crippen molar-refractivity contribution in [1.29, 1.82) is 0 Å². The molecule has 0 fully saturated rings. The van der Waals surface area contributed by atoms with Crippen molar-refractivity contribution >= 4 is 27.7 Å². The van der Waals surface area contributed by atoms with Crippen LogP contribution in [0.25, 0.3) is 0 Å². The van der Waals surface area contributed by atoms with Gasteiger partial charge in [0.05, 0.1) is 13.7 Å². The molecule has 0 bridgehead atoms. The van der Waals surface area contributed by atoms with E-state index in [0.717, 1.165) is 26.9 Å². The SMILES string of the molecule is C=CC[C@@]1(C(=O)NCCc2ccccc2OC)N=C(c2ccc(OCCCO)cc2)O[C@@H]1c1ccc(Br)cc1. The van der Waals surface area contributed by atoms with E-state index in [9.17, 15) is 4.79 Å². The molecule has 2 atom stereocenters. The van der Waals surface area contributed by atoms with Crippen LogP contribution in [0.5, 0.6) is 11.5 Å². The van der Waals surface area contributed by atoms with Crippen LogP contribution in [-0.4, -0.2) is 49.3 Å². The number of halogens is 1. The smallest absolute Gasteiger partial charge is 0.252 e. The Balaban J connectivity index is 1.61. The van der Waals surface area contributed by atoms with Gasteiger partial charge in [-0.1, -0.05) is 52.3 Å². The zero-order valence-corrected chi connectivity index (χ0v) is 23.5. The van der Waals surface area contributed by atoms with Crippen molar-refractivity contribution in [1.82, 2.24) is 5.32 Å². The second kappa shape index (κ2) is 13.4. The van der Waals surface area contributed by atoms with Gasteiger partial charge in [-0.05, 0) is 60.0 Å². The Bertz CT molecular complexity index is 1290. The Hall–Kier alpha value is -3.62. The normalized spacial score (nSPS) is 18.1. The van der Waals surface area contributed by atoms with Crippen molar-refractivity contribution in [3.63, 3.8) is 0 Å². The second-order valence-electron chi connectivity index (χ2n) is 9.15.